The minimum absolute atomic E-state index is 0.0319. The van der Waals surface area contributed by atoms with Gasteiger partial charge in [-0.3, -0.25) is 14.5 Å². The number of pyridine rings is 1. The Morgan fingerprint density at radius 2 is 2.00 bits per heavy atom. The SMILES string of the molecule is CC(C)CC(=O)Nc1ccnn1C1CCN(Cc2cc(=O)c3ccccc3[nH]2)CC1. The number of benzene rings is 1. The van der Waals surface area contributed by atoms with Crippen molar-refractivity contribution >= 4 is 22.6 Å². The minimum Gasteiger partial charge on any atom is -0.357 e. The molecule has 1 amide bonds. The lowest BCUT2D eigenvalue weighted by Crippen LogP contribution is -2.35. The van der Waals surface area contributed by atoms with Gasteiger partial charge in [-0.05, 0) is 30.9 Å². The number of hydrogen-bond acceptors (Lipinski definition) is 4. The second-order valence-corrected chi connectivity index (χ2v) is 8.52. The quantitative estimate of drug-likeness (QED) is 0.655. The number of H-pyrrole nitrogens is 1. The molecule has 0 spiro atoms. The Labute approximate surface area is 176 Å². The monoisotopic (exact) mass is 407 g/mol. The number of para-hydroxylation sites is 1. The largest absolute Gasteiger partial charge is 0.357 e. The average molecular weight is 408 g/mol. The maximum absolute atomic E-state index is 12.4. The van der Waals surface area contributed by atoms with E-state index in [0.29, 0.717) is 12.3 Å². The molecule has 3 heterocycles. The van der Waals surface area contributed by atoms with Gasteiger partial charge in [0.05, 0.1) is 12.2 Å². The summed E-state index contributed by atoms with van der Waals surface area (Å²) < 4.78 is 1.95. The maximum atomic E-state index is 12.4. The molecule has 158 valence electrons. The van der Waals surface area contributed by atoms with Crippen molar-refractivity contribution in [3.05, 3.63) is 58.5 Å². The van der Waals surface area contributed by atoms with Crippen LogP contribution in [0.3, 0.4) is 0 Å². The second kappa shape index (κ2) is 8.83. The summed E-state index contributed by atoms with van der Waals surface area (Å²) in [6, 6.07) is 11.5. The highest BCUT2D eigenvalue weighted by molar-refractivity contribution is 5.89. The number of hydrogen-bond donors (Lipinski definition) is 2. The zero-order valence-corrected chi connectivity index (χ0v) is 17.6. The van der Waals surface area contributed by atoms with Crippen molar-refractivity contribution in [3.63, 3.8) is 0 Å². The molecule has 0 radical (unpaired) electrons. The van der Waals surface area contributed by atoms with Crippen molar-refractivity contribution in [2.45, 2.75) is 45.7 Å². The zero-order valence-electron chi connectivity index (χ0n) is 17.6. The predicted octanol–water partition coefficient (Wildman–Crippen LogP) is 3.55. The first-order valence-corrected chi connectivity index (χ1v) is 10.7. The third-order valence-corrected chi connectivity index (χ3v) is 5.62. The zero-order chi connectivity index (χ0) is 21.1. The number of nitrogens with one attached hydrogen (secondary N) is 2. The molecule has 1 fully saturated rings. The maximum Gasteiger partial charge on any atom is 0.225 e. The molecule has 2 N–H and O–H groups in total. The van der Waals surface area contributed by atoms with Crippen LogP contribution in [0.15, 0.2) is 47.4 Å². The second-order valence-electron chi connectivity index (χ2n) is 8.52. The standard InChI is InChI=1S/C23H29N5O2/c1-16(2)13-23(30)26-22-7-10-24-28(22)18-8-11-27(12-9-18)15-17-14-21(29)19-5-3-4-6-20(19)25-17/h3-7,10,14,16,18H,8-9,11-13,15H2,1-2H3,(H,25,29)(H,26,30). The van der Waals surface area contributed by atoms with E-state index in [4.69, 9.17) is 0 Å². The molecule has 7 nitrogen and oxygen atoms in total. The van der Waals surface area contributed by atoms with Crippen LogP contribution in [0, 0.1) is 5.92 Å². The molecule has 1 aliphatic heterocycles. The summed E-state index contributed by atoms with van der Waals surface area (Å²) in [4.78, 5) is 30.3. The van der Waals surface area contributed by atoms with Crippen LogP contribution in [0.1, 0.15) is 44.8 Å². The van der Waals surface area contributed by atoms with E-state index in [1.165, 1.54) is 0 Å². The van der Waals surface area contributed by atoms with Gasteiger partial charge in [-0.25, -0.2) is 4.68 Å². The number of aromatic amines is 1. The Bertz CT molecular complexity index is 1080. The Hall–Kier alpha value is -2.93. The molecule has 0 unspecified atom stereocenters. The molecule has 7 heteroatoms. The van der Waals surface area contributed by atoms with E-state index in [-0.39, 0.29) is 17.4 Å². The fourth-order valence-corrected chi connectivity index (χ4v) is 4.17. The highest BCUT2D eigenvalue weighted by Crippen LogP contribution is 2.26. The predicted molar refractivity (Wildman–Crippen MR) is 118 cm³/mol. The Kier molecular flexibility index (Phi) is 5.99. The normalized spacial score (nSPS) is 15.7. The van der Waals surface area contributed by atoms with Gasteiger partial charge < -0.3 is 10.3 Å². The van der Waals surface area contributed by atoms with Gasteiger partial charge in [0.15, 0.2) is 5.43 Å². The highest BCUT2D eigenvalue weighted by atomic mass is 16.1. The number of aromatic nitrogens is 3. The summed E-state index contributed by atoms with van der Waals surface area (Å²) in [5.74, 6) is 1.13. The molecule has 0 bridgehead atoms. The fraction of sp³-hybridized carbons (Fsp3) is 0.435. The first kappa shape index (κ1) is 20.3. The lowest BCUT2D eigenvalue weighted by Gasteiger charge is -2.32. The Morgan fingerprint density at radius 1 is 1.23 bits per heavy atom. The van der Waals surface area contributed by atoms with E-state index in [1.807, 2.05) is 48.9 Å². The third-order valence-electron chi connectivity index (χ3n) is 5.62. The van der Waals surface area contributed by atoms with E-state index < -0.39 is 0 Å². The number of nitrogens with zero attached hydrogens (tertiary/aromatic N) is 3. The molecular weight excluding hydrogens is 378 g/mol. The molecule has 1 saturated heterocycles. The highest BCUT2D eigenvalue weighted by Gasteiger charge is 2.23. The average Bonchev–Trinajstić information content (AvgIpc) is 3.16. The van der Waals surface area contributed by atoms with Gasteiger partial charge in [-0.1, -0.05) is 26.0 Å². The van der Waals surface area contributed by atoms with E-state index in [1.54, 1.807) is 12.3 Å². The summed E-state index contributed by atoms with van der Waals surface area (Å²) in [6.45, 7) is 6.63. The molecule has 4 rings (SSSR count). The number of likely N-dealkylation sites (tertiary alicyclic amines) is 1. The van der Waals surface area contributed by atoms with Crippen molar-refractivity contribution < 1.29 is 4.79 Å². The minimum atomic E-state index is 0.0319. The molecule has 0 atom stereocenters. The van der Waals surface area contributed by atoms with Crippen LogP contribution in [0.2, 0.25) is 0 Å². The molecule has 2 aromatic heterocycles. The lowest BCUT2D eigenvalue weighted by atomic mass is 10.0. The van der Waals surface area contributed by atoms with Crippen molar-refractivity contribution in [3.8, 4) is 0 Å². The number of rotatable bonds is 6. The summed E-state index contributed by atoms with van der Waals surface area (Å²) in [5, 5.41) is 8.19. The van der Waals surface area contributed by atoms with Crippen LogP contribution in [-0.2, 0) is 11.3 Å². The van der Waals surface area contributed by atoms with Crippen LogP contribution in [0.5, 0.6) is 0 Å². The Balaban J connectivity index is 1.38. The fourth-order valence-electron chi connectivity index (χ4n) is 4.17. The van der Waals surface area contributed by atoms with Gasteiger partial charge in [-0.2, -0.15) is 5.10 Å². The smallest absolute Gasteiger partial charge is 0.225 e. The number of carbonyl (C=O) groups excluding carboxylic acids is 1. The lowest BCUT2D eigenvalue weighted by molar-refractivity contribution is -0.116. The van der Waals surface area contributed by atoms with Crippen molar-refractivity contribution in [1.82, 2.24) is 19.7 Å². The number of carbonyl (C=O) groups is 1. The van der Waals surface area contributed by atoms with Gasteiger partial charge in [0.25, 0.3) is 0 Å². The van der Waals surface area contributed by atoms with E-state index in [9.17, 15) is 9.59 Å². The van der Waals surface area contributed by atoms with Gasteiger partial charge in [0.2, 0.25) is 5.91 Å². The van der Waals surface area contributed by atoms with E-state index in [2.05, 4.69) is 20.3 Å². The number of piperidine rings is 1. The van der Waals surface area contributed by atoms with Crippen molar-refractivity contribution in [1.29, 1.82) is 0 Å². The topological polar surface area (TPSA) is 83.0 Å². The van der Waals surface area contributed by atoms with Gasteiger partial charge in [0, 0.05) is 54.8 Å². The van der Waals surface area contributed by atoms with Crippen molar-refractivity contribution in [2.24, 2.45) is 5.92 Å². The third kappa shape index (κ3) is 4.62. The van der Waals surface area contributed by atoms with Crippen molar-refractivity contribution in [2.75, 3.05) is 18.4 Å². The molecule has 1 aliphatic rings. The van der Waals surface area contributed by atoms with Gasteiger partial charge in [-0.15, -0.1) is 0 Å². The van der Waals surface area contributed by atoms with Crippen LogP contribution in [0.25, 0.3) is 10.9 Å². The van der Waals surface area contributed by atoms with Crippen LogP contribution < -0.4 is 10.7 Å². The number of anilines is 1. The first-order chi connectivity index (χ1) is 14.5. The molecule has 0 aliphatic carbocycles. The summed E-state index contributed by atoms with van der Waals surface area (Å²) in [6.07, 6.45) is 4.16. The van der Waals surface area contributed by atoms with E-state index >= 15 is 0 Å². The number of fused-ring (bicyclic) bond motifs is 1. The molecule has 1 aromatic carbocycles. The van der Waals surface area contributed by atoms with Crippen LogP contribution >= 0.6 is 0 Å². The first-order valence-electron chi connectivity index (χ1n) is 10.7. The molecule has 3 aromatic rings. The van der Waals surface area contributed by atoms with Crippen LogP contribution in [0.4, 0.5) is 5.82 Å². The summed E-state index contributed by atoms with van der Waals surface area (Å²) in [7, 11) is 0. The number of amides is 1. The summed E-state index contributed by atoms with van der Waals surface area (Å²) >= 11 is 0. The van der Waals surface area contributed by atoms with E-state index in [0.717, 1.165) is 54.9 Å². The molecular formula is C23H29N5O2. The van der Waals surface area contributed by atoms with Crippen LogP contribution in [-0.4, -0.2) is 38.7 Å². The van der Waals surface area contributed by atoms with Gasteiger partial charge >= 0.3 is 0 Å². The summed E-state index contributed by atoms with van der Waals surface area (Å²) in [5.41, 5.74) is 1.89. The molecule has 0 saturated carbocycles. The molecule has 30 heavy (non-hydrogen) atoms. The van der Waals surface area contributed by atoms with Gasteiger partial charge in [0.1, 0.15) is 5.82 Å². The Morgan fingerprint density at radius 3 is 2.77 bits per heavy atom.